The van der Waals surface area contributed by atoms with Crippen LogP contribution in [0, 0.1) is 5.92 Å². The van der Waals surface area contributed by atoms with E-state index < -0.39 is 11.7 Å². The van der Waals surface area contributed by atoms with E-state index in [0.29, 0.717) is 22.5 Å². The molecule has 2 aromatic rings. The zero-order valence-corrected chi connectivity index (χ0v) is 20.2. The van der Waals surface area contributed by atoms with Crippen LogP contribution in [0.4, 0.5) is 10.6 Å². The van der Waals surface area contributed by atoms with E-state index in [4.69, 9.17) is 21.1 Å². The van der Waals surface area contributed by atoms with E-state index in [1.165, 1.54) is 6.92 Å². The second kappa shape index (κ2) is 11.2. The van der Waals surface area contributed by atoms with E-state index in [9.17, 15) is 9.59 Å². The standard InChI is InChI=1S/C24H32ClN3O4/c1-15(2)11-19(28-23(30)32-24(4,5)6)14-31-21-8-7-17(12-20(21)25)18-9-10-26-22(13-18)27-16(3)29/h7-10,12-13,15,19H,11,14H2,1-6H3,(H,28,30)(H,26,27,29). The molecule has 0 aliphatic rings. The number of nitrogens with zero attached hydrogens (tertiary/aromatic N) is 1. The molecular formula is C24H32ClN3O4. The molecule has 1 aromatic carbocycles. The lowest BCUT2D eigenvalue weighted by molar-refractivity contribution is -0.114. The third-order valence-corrected chi connectivity index (χ3v) is 4.54. The van der Waals surface area contributed by atoms with Crippen LogP contribution in [0.5, 0.6) is 5.75 Å². The van der Waals surface area contributed by atoms with Gasteiger partial charge in [-0.1, -0.05) is 31.5 Å². The molecule has 0 saturated heterocycles. The Labute approximate surface area is 194 Å². The first kappa shape index (κ1) is 25.5. The predicted molar refractivity (Wildman–Crippen MR) is 127 cm³/mol. The summed E-state index contributed by atoms with van der Waals surface area (Å²) in [4.78, 5) is 27.6. The molecule has 2 amide bonds. The van der Waals surface area contributed by atoms with Crippen molar-refractivity contribution in [2.24, 2.45) is 5.92 Å². The van der Waals surface area contributed by atoms with Crippen molar-refractivity contribution in [1.82, 2.24) is 10.3 Å². The molecule has 0 aliphatic carbocycles. The van der Waals surface area contributed by atoms with E-state index in [0.717, 1.165) is 17.5 Å². The van der Waals surface area contributed by atoms with E-state index in [-0.39, 0.29) is 18.6 Å². The molecule has 32 heavy (non-hydrogen) atoms. The van der Waals surface area contributed by atoms with Crippen LogP contribution in [0.25, 0.3) is 11.1 Å². The fourth-order valence-electron chi connectivity index (χ4n) is 3.06. The molecular weight excluding hydrogens is 430 g/mol. The number of alkyl carbamates (subject to hydrolysis) is 1. The van der Waals surface area contributed by atoms with Gasteiger partial charge in [0, 0.05) is 13.1 Å². The molecule has 0 aliphatic heterocycles. The third-order valence-electron chi connectivity index (χ3n) is 4.25. The number of amides is 2. The molecule has 1 heterocycles. The molecule has 7 nitrogen and oxygen atoms in total. The molecule has 1 unspecified atom stereocenters. The highest BCUT2D eigenvalue weighted by Gasteiger charge is 2.21. The lowest BCUT2D eigenvalue weighted by Crippen LogP contribution is -2.42. The number of carbonyl (C=O) groups is 2. The number of halogens is 1. The molecule has 2 rings (SSSR count). The number of anilines is 1. The van der Waals surface area contributed by atoms with Crippen LogP contribution in [-0.2, 0) is 9.53 Å². The second-order valence-electron chi connectivity index (χ2n) is 9.04. The summed E-state index contributed by atoms with van der Waals surface area (Å²) in [7, 11) is 0. The lowest BCUT2D eigenvalue weighted by atomic mass is 10.0. The fourth-order valence-corrected chi connectivity index (χ4v) is 3.29. The number of hydrogen-bond donors (Lipinski definition) is 2. The molecule has 8 heteroatoms. The van der Waals surface area contributed by atoms with Crippen LogP contribution in [0.3, 0.4) is 0 Å². The molecule has 1 aromatic heterocycles. The van der Waals surface area contributed by atoms with Gasteiger partial charge in [-0.3, -0.25) is 4.79 Å². The van der Waals surface area contributed by atoms with Gasteiger partial charge in [0.25, 0.3) is 0 Å². The largest absolute Gasteiger partial charge is 0.490 e. The van der Waals surface area contributed by atoms with Crippen molar-refractivity contribution < 1.29 is 19.1 Å². The van der Waals surface area contributed by atoms with Crippen molar-refractivity contribution in [3.05, 3.63) is 41.6 Å². The molecule has 0 saturated carbocycles. The molecule has 0 fully saturated rings. The highest BCUT2D eigenvalue weighted by atomic mass is 35.5. The quantitative estimate of drug-likeness (QED) is 0.528. The van der Waals surface area contributed by atoms with Gasteiger partial charge in [-0.25, -0.2) is 9.78 Å². The number of benzene rings is 1. The van der Waals surface area contributed by atoms with Crippen LogP contribution in [0.1, 0.15) is 48.0 Å². The summed E-state index contributed by atoms with van der Waals surface area (Å²) in [5.74, 6) is 1.16. The second-order valence-corrected chi connectivity index (χ2v) is 9.45. The van der Waals surface area contributed by atoms with Gasteiger partial charge in [0.1, 0.15) is 23.8 Å². The van der Waals surface area contributed by atoms with Gasteiger partial charge in [-0.15, -0.1) is 0 Å². The number of hydrogen-bond acceptors (Lipinski definition) is 5. The number of nitrogens with one attached hydrogen (secondary N) is 2. The summed E-state index contributed by atoms with van der Waals surface area (Å²) >= 11 is 6.46. The molecule has 1 atom stereocenters. The number of rotatable bonds is 8. The maximum Gasteiger partial charge on any atom is 0.407 e. The first-order valence-electron chi connectivity index (χ1n) is 10.6. The average Bonchev–Trinajstić information content (AvgIpc) is 2.64. The Hall–Kier alpha value is -2.80. The van der Waals surface area contributed by atoms with Crippen molar-refractivity contribution in [1.29, 1.82) is 0 Å². The van der Waals surface area contributed by atoms with Gasteiger partial charge in [0.05, 0.1) is 11.1 Å². The summed E-state index contributed by atoms with van der Waals surface area (Å²) in [6.07, 6.45) is 1.89. The maximum absolute atomic E-state index is 12.2. The summed E-state index contributed by atoms with van der Waals surface area (Å²) in [5, 5.41) is 5.99. The highest BCUT2D eigenvalue weighted by molar-refractivity contribution is 6.32. The number of carbonyl (C=O) groups excluding carboxylic acids is 2. The van der Waals surface area contributed by atoms with E-state index in [1.54, 1.807) is 24.4 Å². The van der Waals surface area contributed by atoms with Crippen molar-refractivity contribution in [2.45, 2.75) is 59.6 Å². The van der Waals surface area contributed by atoms with Crippen molar-refractivity contribution in [3.8, 4) is 16.9 Å². The van der Waals surface area contributed by atoms with Gasteiger partial charge < -0.3 is 20.1 Å². The van der Waals surface area contributed by atoms with Crippen LogP contribution in [0.2, 0.25) is 5.02 Å². The molecule has 0 spiro atoms. The normalized spacial score (nSPS) is 12.2. The molecule has 174 valence electrons. The Morgan fingerprint density at radius 1 is 1.12 bits per heavy atom. The van der Waals surface area contributed by atoms with Gasteiger partial charge in [0.15, 0.2) is 0 Å². The highest BCUT2D eigenvalue weighted by Crippen LogP contribution is 2.31. The summed E-state index contributed by atoms with van der Waals surface area (Å²) in [6.45, 7) is 11.3. The summed E-state index contributed by atoms with van der Waals surface area (Å²) in [6, 6.07) is 8.85. The van der Waals surface area contributed by atoms with Crippen LogP contribution in [0.15, 0.2) is 36.5 Å². The van der Waals surface area contributed by atoms with Crippen LogP contribution < -0.4 is 15.4 Å². The predicted octanol–water partition coefficient (Wildman–Crippen LogP) is 5.68. The van der Waals surface area contributed by atoms with Crippen molar-refractivity contribution >= 4 is 29.4 Å². The van der Waals surface area contributed by atoms with Gasteiger partial charge in [-0.05, 0) is 68.5 Å². The van der Waals surface area contributed by atoms with Gasteiger partial charge in [0.2, 0.25) is 5.91 Å². The zero-order valence-electron chi connectivity index (χ0n) is 19.5. The van der Waals surface area contributed by atoms with E-state index >= 15 is 0 Å². The number of aromatic nitrogens is 1. The van der Waals surface area contributed by atoms with Crippen LogP contribution >= 0.6 is 11.6 Å². The Morgan fingerprint density at radius 3 is 2.41 bits per heavy atom. The minimum absolute atomic E-state index is 0.188. The monoisotopic (exact) mass is 461 g/mol. The van der Waals surface area contributed by atoms with E-state index in [1.807, 2.05) is 32.9 Å². The minimum atomic E-state index is -0.570. The minimum Gasteiger partial charge on any atom is -0.490 e. The summed E-state index contributed by atoms with van der Waals surface area (Å²) < 4.78 is 11.3. The van der Waals surface area contributed by atoms with Gasteiger partial charge in [-0.2, -0.15) is 0 Å². The molecule has 0 bridgehead atoms. The summed E-state index contributed by atoms with van der Waals surface area (Å²) in [5.41, 5.74) is 1.16. The van der Waals surface area contributed by atoms with E-state index in [2.05, 4.69) is 29.5 Å². The van der Waals surface area contributed by atoms with Crippen molar-refractivity contribution in [3.63, 3.8) is 0 Å². The molecule has 0 radical (unpaired) electrons. The fraction of sp³-hybridized carbons (Fsp3) is 0.458. The Balaban J connectivity index is 2.08. The zero-order chi connectivity index (χ0) is 23.9. The first-order chi connectivity index (χ1) is 14.9. The third kappa shape index (κ3) is 8.75. The number of pyridine rings is 1. The topological polar surface area (TPSA) is 89.6 Å². The SMILES string of the molecule is CC(=O)Nc1cc(-c2ccc(OCC(CC(C)C)NC(=O)OC(C)(C)C)c(Cl)c2)ccn1. The number of ether oxygens (including phenoxy) is 2. The average molecular weight is 462 g/mol. The first-order valence-corrected chi connectivity index (χ1v) is 11.0. The Kier molecular flexibility index (Phi) is 8.89. The Bertz CT molecular complexity index is 941. The maximum atomic E-state index is 12.2. The Morgan fingerprint density at radius 2 is 1.81 bits per heavy atom. The smallest absolute Gasteiger partial charge is 0.407 e. The van der Waals surface area contributed by atoms with Crippen LogP contribution in [-0.4, -0.2) is 35.2 Å². The van der Waals surface area contributed by atoms with Gasteiger partial charge >= 0.3 is 6.09 Å². The lowest BCUT2D eigenvalue weighted by Gasteiger charge is -2.25. The molecule has 2 N–H and O–H groups in total. The van der Waals surface area contributed by atoms with Crippen molar-refractivity contribution in [2.75, 3.05) is 11.9 Å².